The van der Waals surface area contributed by atoms with E-state index in [1.165, 1.54) is 24.9 Å². The maximum absolute atomic E-state index is 13.6. The quantitative estimate of drug-likeness (QED) is 0.814. The van der Waals surface area contributed by atoms with Gasteiger partial charge >= 0.3 is 0 Å². The zero-order valence-corrected chi connectivity index (χ0v) is 9.92. The number of nitrogen functional groups attached to an aromatic ring is 1. The molecule has 1 heterocycles. The fraction of sp³-hybridized carbons (Fsp3) is 0.200. The molecule has 2 rings (SSSR count). The second kappa shape index (κ2) is 5.05. The first-order chi connectivity index (χ1) is 8.19. The minimum Gasteiger partial charge on any atom is -0.497 e. The van der Waals surface area contributed by atoms with E-state index in [4.69, 9.17) is 10.5 Å². The summed E-state index contributed by atoms with van der Waals surface area (Å²) in [5.41, 5.74) is 5.95. The van der Waals surface area contributed by atoms with E-state index in [0.717, 1.165) is 0 Å². The van der Waals surface area contributed by atoms with Crippen LogP contribution in [0.3, 0.4) is 0 Å². The number of aromatic nitrogens is 3. The predicted molar refractivity (Wildman–Crippen MR) is 63.3 cm³/mol. The molecule has 3 N–H and O–H groups in total. The summed E-state index contributed by atoms with van der Waals surface area (Å²) in [6, 6.07) is 4.74. The lowest BCUT2D eigenvalue weighted by atomic mass is 10.2. The van der Waals surface area contributed by atoms with Crippen LogP contribution < -0.4 is 10.5 Å². The molecule has 0 aliphatic carbocycles. The van der Waals surface area contributed by atoms with Crippen LogP contribution in [0.2, 0.25) is 0 Å². The first kappa shape index (κ1) is 11.7. The minimum absolute atomic E-state index is 0.253. The van der Waals surface area contributed by atoms with Crippen molar-refractivity contribution in [1.29, 1.82) is 0 Å². The highest BCUT2D eigenvalue weighted by Gasteiger charge is 2.07. The smallest absolute Gasteiger partial charge is 0.216 e. The topological polar surface area (TPSA) is 76.8 Å². The first-order valence-corrected chi connectivity index (χ1v) is 5.80. The summed E-state index contributed by atoms with van der Waals surface area (Å²) in [5.74, 6) is 0.883. The van der Waals surface area contributed by atoms with Gasteiger partial charge < -0.3 is 10.5 Å². The van der Waals surface area contributed by atoms with Crippen molar-refractivity contribution in [3.8, 4) is 5.75 Å². The van der Waals surface area contributed by atoms with Crippen LogP contribution in [0.1, 0.15) is 5.56 Å². The van der Waals surface area contributed by atoms with Gasteiger partial charge in [0.15, 0.2) is 0 Å². The number of hydrogen-bond donors (Lipinski definition) is 2. The highest BCUT2D eigenvalue weighted by atomic mass is 32.2. The maximum atomic E-state index is 13.6. The van der Waals surface area contributed by atoms with Crippen LogP contribution in [-0.4, -0.2) is 22.3 Å². The SMILES string of the molecule is COc1ccc(CSc2n[nH]c(N)n2)c(F)c1. The van der Waals surface area contributed by atoms with Crippen LogP contribution in [-0.2, 0) is 5.75 Å². The van der Waals surface area contributed by atoms with Gasteiger partial charge in [-0.1, -0.05) is 17.8 Å². The van der Waals surface area contributed by atoms with Gasteiger partial charge in [0.25, 0.3) is 0 Å². The lowest BCUT2D eigenvalue weighted by Gasteiger charge is -2.03. The average Bonchev–Trinajstić information content (AvgIpc) is 2.73. The third-order valence-electron chi connectivity index (χ3n) is 2.10. The van der Waals surface area contributed by atoms with E-state index in [0.29, 0.717) is 22.2 Å². The Morgan fingerprint density at radius 1 is 1.53 bits per heavy atom. The zero-order chi connectivity index (χ0) is 12.3. The second-order valence-electron chi connectivity index (χ2n) is 3.25. The van der Waals surface area contributed by atoms with Crippen LogP contribution in [0.5, 0.6) is 5.75 Å². The van der Waals surface area contributed by atoms with E-state index < -0.39 is 0 Å². The van der Waals surface area contributed by atoms with E-state index in [-0.39, 0.29) is 11.8 Å². The van der Waals surface area contributed by atoms with E-state index in [9.17, 15) is 4.39 Å². The molecule has 17 heavy (non-hydrogen) atoms. The number of methoxy groups -OCH3 is 1. The fourth-order valence-corrected chi connectivity index (χ4v) is 2.03. The summed E-state index contributed by atoms with van der Waals surface area (Å²) in [7, 11) is 1.50. The molecule has 1 aromatic heterocycles. The number of ether oxygens (including phenoxy) is 1. The Morgan fingerprint density at radius 3 is 2.94 bits per heavy atom. The summed E-state index contributed by atoms with van der Waals surface area (Å²) in [5, 5.41) is 6.87. The molecular formula is C10H11FN4OS. The minimum atomic E-state index is -0.305. The molecule has 0 radical (unpaired) electrons. The van der Waals surface area contributed by atoms with Crippen LogP contribution >= 0.6 is 11.8 Å². The number of hydrogen-bond acceptors (Lipinski definition) is 5. The molecule has 0 spiro atoms. The van der Waals surface area contributed by atoms with E-state index in [1.54, 1.807) is 12.1 Å². The molecule has 5 nitrogen and oxygen atoms in total. The molecule has 90 valence electrons. The first-order valence-electron chi connectivity index (χ1n) is 4.82. The Balaban J connectivity index is 2.04. The number of aromatic amines is 1. The van der Waals surface area contributed by atoms with Gasteiger partial charge in [-0.15, -0.1) is 5.10 Å². The highest BCUT2D eigenvalue weighted by molar-refractivity contribution is 7.98. The van der Waals surface area contributed by atoms with E-state index >= 15 is 0 Å². The van der Waals surface area contributed by atoms with Gasteiger partial charge in [-0.05, 0) is 11.6 Å². The molecule has 0 amide bonds. The molecule has 0 saturated carbocycles. The maximum Gasteiger partial charge on any atom is 0.216 e. The summed E-state index contributed by atoms with van der Waals surface area (Å²) in [4.78, 5) is 3.92. The normalized spacial score (nSPS) is 10.5. The third-order valence-corrected chi connectivity index (χ3v) is 3.00. The number of nitrogens with zero attached hydrogens (tertiary/aromatic N) is 2. The van der Waals surface area contributed by atoms with Crippen molar-refractivity contribution in [3.63, 3.8) is 0 Å². The molecular weight excluding hydrogens is 243 g/mol. The van der Waals surface area contributed by atoms with Crippen molar-refractivity contribution in [2.75, 3.05) is 12.8 Å². The number of benzene rings is 1. The van der Waals surface area contributed by atoms with Crippen LogP contribution in [0.4, 0.5) is 10.3 Å². The van der Waals surface area contributed by atoms with Crippen molar-refractivity contribution in [3.05, 3.63) is 29.6 Å². The summed E-state index contributed by atoms with van der Waals surface area (Å²) in [6.07, 6.45) is 0. The van der Waals surface area contributed by atoms with Gasteiger partial charge in [-0.3, -0.25) is 0 Å². The van der Waals surface area contributed by atoms with Crippen molar-refractivity contribution in [2.24, 2.45) is 0 Å². The molecule has 0 aliphatic rings. The van der Waals surface area contributed by atoms with E-state index in [2.05, 4.69) is 15.2 Å². The standard InChI is InChI=1S/C10H11FN4OS/c1-16-7-3-2-6(8(11)4-7)5-17-10-13-9(12)14-15-10/h2-4H,5H2,1H3,(H3,12,13,14,15). The molecule has 0 unspecified atom stereocenters. The van der Waals surface area contributed by atoms with Crippen LogP contribution in [0, 0.1) is 5.82 Å². The second-order valence-corrected chi connectivity index (χ2v) is 4.19. The van der Waals surface area contributed by atoms with Gasteiger partial charge in [-0.25, -0.2) is 9.49 Å². The Kier molecular flexibility index (Phi) is 3.48. The average molecular weight is 254 g/mol. The number of halogens is 1. The van der Waals surface area contributed by atoms with Crippen molar-refractivity contribution in [1.82, 2.24) is 15.2 Å². The lowest BCUT2D eigenvalue weighted by Crippen LogP contribution is -1.91. The fourth-order valence-electron chi connectivity index (χ4n) is 1.24. The van der Waals surface area contributed by atoms with Crippen molar-refractivity contribution < 1.29 is 9.13 Å². The number of H-pyrrole nitrogens is 1. The molecule has 1 aromatic carbocycles. The number of rotatable bonds is 4. The van der Waals surface area contributed by atoms with Crippen LogP contribution in [0.15, 0.2) is 23.4 Å². The van der Waals surface area contributed by atoms with Gasteiger partial charge in [0.05, 0.1) is 7.11 Å². The Bertz CT molecular complexity index is 517. The number of nitrogens with two attached hydrogens (primary N) is 1. The lowest BCUT2D eigenvalue weighted by molar-refractivity contribution is 0.411. The van der Waals surface area contributed by atoms with Gasteiger partial charge in [0.1, 0.15) is 11.6 Å². The highest BCUT2D eigenvalue weighted by Crippen LogP contribution is 2.23. The number of nitrogens with one attached hydrogen (secondary N) is 1. The number of anilines is 1. The third kappa shape index (κ3) is 2.88. The molecule has 0 bridgehead atoms. The monoisotopic (exact) mass is 254 g/mol. The van der Waals surface area contributed by atoms with Gasteiger partial charge in [0.2, 0.25) is 11.1 Å². The Hall–Kier alpha value is -1.76. The molecule has 2 aromatic rings. The van der Waals surface area contributed by atoms with Gasteiger partial charge in [0, 0.05) is 11.8 Å². The summed E-state index contributed by atoms with van der Waals surface area (Å²) in [6.45, 7) is 0. The summed E-state index contributed by atoms with van der Waals surface area (Å²) >= 11 is 1.31. The summed E-state index contributed by atoms with van der Waals surface area (Å²) < 4.78 is 18.5. The Morgan fingerprint density at radius 2 is 2.35 bits per heavy atom. The molecule has 7 heteroatoms. The van der Waals surface area contributed by atoms with Crippen molar-refractivity contribution in [2.45, 2.75) is 10.9 Å². The Labute approximate surface area is 102 Å². The van der Waals surface area contributed by atoms with Crippen molar-refractivity contribution >= 4 is 17.7 Å². The largest absolute Gasteiger partial charge is 0.497 e. The molecule has 0 aliphatic heterocycles. The zero-order valence-electron chi connectivity index (χ0n) is 9.11. The van der Waals surface area contributed by atoms with E-state index in [1.807, 2.05) is 0 Å². The molecule has 0 saturated heterocycles. The molecule has 0 atom stereocenters. The predicted octanol–water partition coefficient (Wildman–Crippen LogP) is 1.83. The number of thioether (sulfide) groups is 1. The van der Waals surface area contributed by atoms with Gasteiger partial charge in [-0.2, -0.15) is 4.98 Å². The van der Waals surface area contributed by atoms with Crippen LogP contribution in [0.25, 0.3) is 0 Å². The molecule has 0 fully saturated rings.